The molecule has 0 spiro atoms. The van der Waals surface area contributed by atoms with Gasteiger partial charge < -0.3 is 10.6 Å². The van der Waals surface area contributed by atoms with Gasteiger partial charge in [0, 0.05) is 30.7 Å². The largest absolute Gasteiger partial charge is 0.399 e. The van der Waals surface area contributed by atoms with E-state index in [4.69, 9.17) is 5.73 Å². The molecule has 2 aromatic rings. The third-order valence-corrected chi connectivity index (χ3v) is 4.88. The van der Waals surface area contributed by atoms with Crippen molar-refractivity contribution in [3.05, 3.63) is 42.2 Å². The van der Waals surface area contributed by atoms with E-state index in [2.05, 4.69) is 5.10 Å². The van der Waals surface area contributed by atoms with Crippen LogP contribution >= 0.6 is 11.8 Å². The Balaban J connectivity index is 1.77. The molecule has 0 bridgehead atoms. The summed E-state index contributed by atoms with van der Waals surface area (Å²) in [6, 6.07) is 9.49. The van der Waals surface area contributed by atoms with Gasteiger partial charge in [-0.05, 0) is 42.5 Å². The Kier molecular flexibility index (Phi) is 3.88. The van der Waals surface area contributed by atoms with Gasteiger partial charge in [0.25, 0.3) is 5.91 Å². The molecule has 0 aliphatic carbocycles. The fraction of sp³-hybridized carbons (Fsp3) is 0.333. The lowest BCUT2D eigenvalue weighted by atomic mass is 10.2. The third kappa shape index (κ3) is 2.90. The van der Waals surface area contributed by atoms with Crippen molar-refractivity contribution in [1.29, 1.82) is 0 Å². The predicted molar refractivity (Wildman–Crippen MR) is 85.8 cm³/mol. The lowest BCUT2D eigenvalue weighted by Crippen LogP contribution is -2.37. The summed E-state index contributed by atoms with van der Waals surface area (Å²) in [5.74, 6) is 2.12. The first kappa shape index (κ1) is 14.0. The van der Waals surface area contributed by atoms with Crippen LogP contribution in [0.3, 0.4) is 0 Å². The van der Waals surface area contributed by atoms with E-state index in [1.807, 2.05) is 48.0 Å². The molecule has 21 heavy (non-hydrogen) atoms. The minimum Gasteiger partial charge on any atom is -0.399 e. The molecule has 1 aromatic carbocycles. The van der Waals surface area contributed by atoms with E-state index in [1.165, 1.54) is 0 Å². The van der Waals surface area contributed by atoms with Gasteiger partial charge >= 0.3 is 0 Å². The molecule has 1 amide bonds. The molecule has 2 N–H and O–H groups in total. The number of aromatic nitrogens is 2. The highest BCUT2D eigenvalue weighted by Gasteiger charge is 2.25. The maximum atomic E-state index is 12.5. The van der Waals surface area contributed by atoms with Gasteiger partial charge in [-0.15, -0.1) is 0 Å². The normalized spacial score (nSPS) is 17.9. The highest BCUT2D eigenvalue weighted by Crippen LogP contribution is 2.22. The van der Waals surface area contributed by atoms with E-state index < -0.39 is 0 Å². The molecule has 0 radical (unpaired) electrons. The number of benzene rings is 1. The minimum atomic E-state index is -0.0169. The van der Waals surface area contributed by atoms with Crippen molar-refractivity contribution >= 4 is 23.4 Å². The number of carbonyl (C=O) groups is 1. The number of hydrogen-bond acceptors (Lipinski definition) is 4. The maximum Gasteiger partial charge on any atom is 0.274 e. The molecule has 1 atom stereocenters. The smallest absolute Gasteiger partial charge is 0.274 e. The molecule has 1 unspecified atom stereocenters. The van der Waals surface area contributed by atoms with Crippen molar-refractivity contribution in [1.82, 2.24) is 14.7 Å². The van der Waals surface area contributed by atoms with Gasteiger partial charge in [0.2, 0.25) is 0 Å². The molecule has 1 aliphatic heterocycles. The lowest BCUT2D eigenvalue weighted by molar-refractivity contribution is 0.0741. The monoisotopic (exact) mass is 302 g/mol. The van der Waals surface area contributed by atoms with Gasteiger partial charge in [-0.3, -0.25) is 4.79 Å². The molecule has 3 rings (SSSR count). The number of nitrogens with zero attached hydrogens (tertiary/aromatic N) is 3. The van der Waals surface area contributed by atoms with Gasteiger partial charge in [-0.1, -0.05) is 0 Å². The highest BCUT2D eigenvalue weighted by atomic mass is 32.2. The number of rotatable bonds is 3. The van der Waals surface area contributed by atoms with Crippen LogP contribution in [0.5, 0.6) is 0 Å². The van der Waals surface area contributed by atoms with Crippen molar-refractivity contribution < 1.29 is 4.79 Å². The topological polar surface area (TPSA) is 64.2 Å². The van der Waals surface area contributed by atoms with Crippen LogP contribution in [0.15, 0.2) is 36.5 Å². The number of hydrogen-bond donors (Lipinski definition) is 1. The molecule has 2 heterocycles. The molecule has 1 aromatic heterocycles. The molecular formula is C15H18N4OS. The summed E-state index contributed by atoms with van der Waals surface area (Å²) in [7, 11) is 1.86. The fourth-order valence-electron chi connectivity index (χ4n) is 2.38. The molecule has 1 fully saturated rings. The zero-order valence-corrected chi connectivity index (χ0v) is 12.7. The molecule has 6 heteroatoms. The third-order valence-electron chi connectivity index (χ3n) is 3.74. The SMILES string of the molecule is CN(C(=O)c1ccn(-c2ccc(N)cc2)n1)C1CCSC1. The van der Waals surface area contributed by atoms with E-state index >= 15 is 0 Å². The van der Waals surface area contributed by atoms with Crippen molar-refractivity contribution in [2.75, 3.05) is 24.3 Å². The summed E-state index contributed by atoms with van der Waals surface area (Å²) >= 11 is 1.90. The quantitative estimate of drug-likeness (QED) is 0.881. The summed E-state index contributed by atoms with van der Waals surface area (Å²) in [6.45, 7) is 0. The molecule has 1 saturated heterocycles. The first-order valence-corrected chi connectivity index (χ1v) is 8.07. The van der Waals surface area contributed by atoms with Gasteiger partial charge in [0.15, 0.2) is 5.69 Å². The zero-order chi connectivity index (χ0) is 14.8. The number of anilines is 1. The maximum absolute atomic E-state index is 12.5. The van der Waals surface area contributed by atoms with Crippen LogP contribution in [0, 0.1) is 0 Å². The molecule has 5 nitrogen and oxygen atoms in total. The first-order chi connectivity index (χ1) is 10.1. The fourth-order valence-corrected chi connectivity index (χ4v) is 3.65. The minimum absolute atomic E-state index is 0.0169. The lowest BCUT2D eigenvalue weighted by Gasteiger charge is -2.22. The van der Waals surface area contributed by atoms with Gasteiger partial charge in [0.1, 0.15) is 0 Å². The van der Waals surface area contributed by atoms with E-state index in [1.54, 1.807) is 16.9 Å². The van der Waals surface area contributed by atoms with E-state index in [0.717, 1.165) is 23.6 Å². The average molecular weight is 302 g/mol. The van der Waals surface area contributed by atoms with Crippen molar-refractivity contribution in [3.8, 4) is 5.69 Å². The van der Waals surface area contributed by atoms with Crippen LogP contribution < -0.4 is 5.73 Å². The van der Waals surface area contributed by atoms with Crippen LogP contribution in [-0.2, 0) is 0 Å². The second-order valence-electron chi connectivity index (χ2n) is 5.17. The standard InChI is InChI=1S/C15H18N4OS/c1-18(13-7-9-21-10-13)15(20)14-6-8-19(17-14)12-4-2-11(16)3-5-12/h2-6,8,13H,7,9-10,16H2,1H3. The molecule has 110 valence electrons. The van der Waals surface area contributed by atoms with Gasteiger partial charge in [-0.2, -0.15) is 16.9 Å². The predicted octanol–water partition coefficient (Wildman–Crippen LogP) is 2.03. The zero-order valence-electron chi connectivity index (χ0n) is 11.9. The van der Waals surface area contributed by atoms with Gasteiger partial charge in [0.05, 0.1) is 5.69 Å². The Morgan fingerprint density at radius 3 is 2.81 bits per heavy atom. The molecule has 0 saturated carbocycles. The van der Waals surface area contributed by atoms with E-state index in [-0.39, 0.29) is 5.91 Å². The Bertz CT molecular complexity index is 631. The summed E-state index contributed by atoms with van der Waals surface area (Å²) in [4.78, 5) is 14.3. The highest BCUT2D eigenvalue weighted by molar-refractivity contribution is 7.99. The number of thioether (sulfide) groups is 1. The second-order valence-corrected chi connectivity index (χ2v) is 6.32. The average Bonchev–Trinajstić information content (AvgIpc) is 3.18. The van der Waals surface area contributed by atoms with Gasteiger partial charge in [-0.25, -0.2) is 4.68 Å². The Hall–Kier alpha value is -1.95. The number of nitrogens with two attached hydrogens (primary N) is 1. The summed E-state index contributed by atoms with van der Waals surface area (Å²) in [6.07, 6.45) is 2.86. The van der Waals surface area contributed by atoms with Crippen LogP contribution in [0.25, 0.3) is 5.69 Å². The van der Waals surface area contributed by atoms with Crippen LogP contribution in [0.2, 0.25) is 0 Å². The summed E-state index contributed by atoms with van der Waals surface area (Å²) < 4.78 is 1.70. The Morgan fingerprint density at radius 1 is 1.38 bits per heavy atom. The Labute approximate surface area is 128 Å². The van der Waals surface area contributed by atoms with Crippen molar-refractivity contribution in [3.63, 3.8) is 0 Å². The van der Waals surface area contributed by atoms with Crippen molar-refractivity contribution in [2.24, 2.45) is 0 Å². The summed E-state index contributed by atoms with van der Waals surface area (Å²) in [5.41, 5.74) is 7.75. The summed E-state index contributed by atoms with van der Waals surface area (Å²) in [5, 5.41) is 4.38. The van der Waals surface area contributed by atoms with E-state index in [9.17, 15) is 4.79 Å². The number of amides is 1. The van der Waals surface area contributed by atoms with E-state index in [0.29, 0.717) is 17.4 Å². The molecular weight excluding hydrogens is 284 g/mol. The molecule has 1 aliphatic rings. The second kappa shape index (κ2) is 5.81. The van der Waals surface area contributed by atoms with Crippen LogP contribution in [0.4, 0.5) is 5.69 Å². The number of carbonyl (C=O) groups excluding carboxylic acids is 1. The Morgan fingerprint density at radius 2 is 2.14 bits per heavy atom. The first-order valence-electron chi connectivity index (χ1n) is 6.91. The van der Waals surface area contributed by atoms with Crippen LogP contribution in [-0.4, -0.2) is 45.2 Å². The van der Waals surface area contributed by atoms with Crippen molar-refractivity contribution in [2.45, 2.75) is 12.5 Å². The number of nitrogen functional groups attached to an aromatic ring is 1. The van der Waals surface area contributed by atoms with Crippen LogP contribution in [0.1, 0.15) is 16.9 Å².